The lowest BCUT2D eigenvalue weighted by Gasteiger charge is -2.26. The van der Waals surface area contributed by atoms with Gasteiger partial charge in [-0.25, -0.2) is 0 Å². The van der Waals surface area contributed by atoms with Crippen LogP contribution in [0.1, 0.15) is 55.7 Å². The van der Waals surface area contributed by atoms with Crippen molar-refractivity contribution in [1.82, 2.24) is 10.3 Å². The molecule has 1 heterocycles. The van der Waals surface area contributed by atoms with Crippen molar-refractivity contribution < 1.29 is 4.79 Å². The largest absolute Gasteiger partial charge is 0.352 e. The first-order valence-electron chi connectivity index (χ1n) is 8.07. The summed E-state index contributed by atoms with van der Waals surface area (Å²) in [5, 5.41) is 3.37. The molecule has 2 saturated carbocycles. The van der Waals surface area contributed by atoms with Gasteiger partial charge in [-0.15, -0.1) is 0 Å². The number of amides is 1. The molecule has 1 aromatic rings. The Hall–Kier alpha value is -1.38. The molecule has 2 fully saturated rings. The zero-order valence-electron chi connectivity index (χ0n) is 11.8. The van der Waals surface area contributed by atoms with E-state index in [0.717, 1.165) is 36.8 Å². The fourth-order valence-electron chi connectivity index (χ4n) is 3.66. The molecular formula is C17H22N2O. The summed E-state index contributed by atoms with van der Waals surface area (Å²) >= 11 is 0. The van der Waals surface area contributed by atoms with E-state index in [1.54, 1.807) is 0 Å². The second kappa shape index (κ2) is 4.87. The highest BCUT2D eigenvalue weighted by Crippen LogP contribution is 2.45. The second-order valence-corrected chi connectivity index (χ2v) is 6.70. The minimum Gasteiger partial charge on any atom is -0.352 e. The Morgan fingerprint density at radius 1 is 1.20 bits per heavy atom. The van der Waals surface area contributed by atoms with Crippen LogP contribution in [-0.4, -0.2) is 16.9 Å². The lowest BCUT2D eigenvalue weighted by Crippen LogP contribution is -2.41. The molecule has 0 saturated heterocycles. The smallest absolute Gasteiger partial charge is 0.229 e. The molecule has 0 aliphatic heterocycles. The number of pyridine rings is 1. The van der Waals surface area contributed by atoms with Crippen molar-refractivity contribution in [2.24, 2.45) is 11.8 Å². The molecule has 1 atom stereocenters. The SMILES string of the molecule is O=C(NC(C1CC1)C1CC1)C1CCCc2cccnc21. The van der Waals surface area contributed by atoms with Crippen molar-refractivity contribution in [3.05, 3.63) is 29.6 Å². The van der Waals surface area contributed by atoms with Crippen molar-refractivity contribution in [3.63, 3.8) is 0 Å². The van der Waals surface area contributed by atoms with Crippen LogP contribution in [0.5, 0.6) is 0 Å². The number of hydrogen-bond acceptors (Lipinski definition) is 2. The van der Waals surface area contributed by atoms with E-state index in [2.05, 4.69) is 16.4 Å². The molecular weight excluding hydrogens is 248 g/mol. The van der Waals surface area contributed by atoms with Crippen molar-refractivity contribution >= 4 is 5.91 Å². The molecule has 1 aromatic heterocycles. The van der Waals surface area contributed by atoms with Crippen LogP contribution in [0.4, 0.5) is 0 Å². The molecule has 4 rings (SSSR count). The van der Waals surface area contributed by atoms with Gasteiger partial charge in [0.25, 0.3) is 0 Å². The molecule has 3 aliphatic rings. The second-order valence-electron chi connectivity index (χ2n) is 6.70. The van der Waals surface area contributed by atoms with E-state index in [-0.39, 0.29) is 11.8 Å². The number of carbonyl (C=O) groups excluding carboxylic acids is 1. The number of rotatable bonds is 4. The van der Waals surface area contributed by atoms with Gasteiger partial charge in [0.15, 0.2) is 0 Å². The van der Waals surface area contributed by atoms with E-state index in [9.17, 15) is 4.79 Å². The minimum absolute atomic E-state index is 0.0139. The quantitative estimate of drug-likeness (QED) is 0.914. The first kappa shape index (κ1) is 12.4. The monoisotopic (exact) mass is 270 g/mol. The minimum atomic E-state index is -0.0139. The van der Waals surface area contributed by atoms with Gasteiger partial charge in [-0.05, 0) is 68.4 Å². The summed E-state index contributed by atoms with van der Waals surface area (Å²) in [4.78, 5) is 17.2. The maximum Gasteiger partial charge on any atom is 0.229 e. The number of fused-ring (bicyclic) bond motifs is 1. The molecule has 0 aromatic carbocycles. The van der Waals surface area contributed by atoms with E-state index in [1.807, 2.05) is 12.3 Å². The predicted molar refractivity (Wildman–Crippen MR) is 77.3 cm³/mol. The summed E-state index contributed by atoms with van der Waals surface area (Å²) in [7, 11) is 0. The highest BCUT2D eigenvalue weighted by atomic mass is 16.2. The van der Waals surface area contributed by atoms with Crippen LogP contribution in [0.25, 0.3) is 0 Å². The van der Waals surface area contributed by atoms with Crippen LogP contribution in [0.3, 0.4) is 0 Å². The third kappa shape index (κ3) is 2.34. The van der Waals surface area contributed by atoms with Crippen LogP contribution in [0.2, 0.25) is 0 Å². The number of hydrogen-bond donors (Lipinski definition) is 1. The first-order valence-corrected chi connectivity index (χ1v) is 8.07. The molecule has 3 nitrogen and oxygen atoms in total. The van der Waals surface area contributed by atoms with Gasteiger partial charge < -0.3 is 5.32 Å². The van der Waals surface area contributed by atoms with Gasteiger partial charge >= 0.3 is 0 Å². The Bertz CT molecular complexity index is 507. The summed E-state index contributed by atoms with van der Waals surface area (Å²) < 4.78 is 0. The zero-order chi connectivity index (χ0) is 13.5. The number of aromatic nitrogens is 1. The van der Waals surface area contributed by atoms with Crippen LogP contribution in [0.15, 0.2) is 18.3 Å². The summed E-state index contributed by atoms with van der Waals surface area (Å²) in [6, 6.07) is 4.56. The van der Waals surface area contributed by atoms with Crippen molar-refractivity contribution in [2.75, 3.05) is 0 Å². The van der Waals surface area contributed by atoms with E-state index in [0.29, 0.717) is 6.04 Å². The molecule has 1 N–H and O–H groups in total. The average molecular weight is 270 g/mol. The standard InChI is InChI=1S/C17H22N2O/c20-17(19-15(12-6-7-12)13-8-9-13)14-5-1-3-11-4-2-10-18-16(11)14/h2,4,10,12-15H,1,3,5-9H2,(H,19,20). The molecule has 106 valence electrons. The lowest BCUT2D eigenvalue weighted by molar-refractivity contribution is -0.124. The van der Waals surface area contributed by atoms with Crippen molar-refractivity contribution in [2.45, 2.75) is 56.9 Å². The van der Waals surface area contributed by atoms with Crippen LogP contribution >= 0.6 is 0 Å². The first-order chi connectivity index (χ1) is 9.83. The Balaban J connectivity index is 1.51. The Labute approximate surface area is 120 Å². The van der Waals surface area contributed by atoms with Crippen LogP contribution in [0, 0.1) is 11.8 Å². The maximum absolute atomic E-state index is 12.7. The third-order valence-corrected chi connectivity index (χ3v) is 5.08. The summed E-state index contributed by atoms with van der Waals surface area (Å²) in [6.45, 7) is 0. The van der Waals surface area contributed by atoms with E-state index in [1.165, 1.54) is 31.2 Å². The molecule has 3 aliphatic carbocycles. The van der Waals surface area contributed by atoms with E-state index < -0.39 is 0 Å². The average Bonchev–Trinajstić information content (AvgIpc) is 3.37. The third-order valence-electron chi connectivity index (χ3n) is 5.08. The van der Waals surface area contributed by atoms with Gasteiger partial charge in [0.1, 0.15) is 0 Å². The topological polar surface area (TPSA) is 42.0 Å². The molecule has 3 heteroatoms. The van der Waals surface area contributed by atoms with Gasteiger partial charge in [0.2, 0.25) is 5.91 Å². The van der Waals surface area contributed by atoms with Gasteiger partial charge in [-0.1, -0.05) is 6.07 Å². The lowest BCUT2D eigenvalue weighted by atomic mass is 9.85. The van der Waals surface area contributed by atoms with Gasteiger partial charge in [0.05, 0.1) is 11.6 Å². The fourth-order valence-corrected chi connectivity index (χ4v) is 3.66. The van der Waals surface area contributed by atoms with Crippen molar-refractivity contribution in [3.8, 4) is 0 Å². The van der Waals surface area contributed by atoms with E-state index >= 15 is 0 Å². The Morgan fingerprint density at radius 2 is 1.95 bits per heavy atom. The molecule has 1 unspecified atom stereocenters. The fraction of sp³-hybridized carbons (Fsp3) is 0.647. The Morgan fingerprint density at radius 3 is 2.65 bits per heavy atom. The number of aryl methyl sites for hydroxylation is 1. The van der Waals surface area contributed by atoms with Crippen LogP contribution < -0.4 is 5.32 Å². The van der Waals surface area contributed by atoms with Crippen LogP contribution in [-0.2, 0) is 11.2 Å². The van der Waals surface area contributed by atoms with Crippen molar-refractivity contribution in [1.29, 1.82) is 0 Å². The number of nitrogens with one attached hydrogen (secondary N) is 1. The molecule has 0 radical (unpaired) electrons. The van der Waals surface area contributed by atoms with Gasteiger partial charge in [-0.3, -0.25) is 9.78 Å². The van der Waals surface area contributed by atoms with E-state index in [4.69, 9.17) is 0 Å². The Kier molecular flexibility index (Phi) is 3.01. The zero-order valence-corrected chi connectivity index (χ0v) is 11.8. The molecule has 1 amide bonds. The highest BCUT2D eigenvalue weighted by molar-refractivity contribution is 5.84. The maximum atomic E-state index is 12.7. The summed E-state index contributed by atoms with van der Waals surface area (Å²) in [6.07, 6.45) is 10.2. The van der Waals surface area contributed by atoms with Gasteiger partial charge in [-0.2, -0.15) is 0 Å². The molecule has 0 spiro atoms. The summed E-state index contributed by atoms with van der Waals surface area (Å²) in [5.41, 5.74) is 2.30. The normalized spacial score (nSPS) is 25.4. The molecule has 20 heavy (non-hydrogen) atoms. The number of carbonyl (C=O) groups is 1. The highest BCUT2D eigenvalue weighted by Gasteiger charge is 2.43. The molecule has 0 bridgehead atoms. The summed E-state index contributed by atoms with van der Waals surface area (Å²) in [5.74, 6) is 1.74. The van der Waals surface area contributed by atoms with Gasteiger partial charge in [0, 0.05) is 12.2 Å². The number of nitrogens with zero attached hydrogens (tertiary/aromatic N) is 1. The predicted octanol–water partition coefficient (Wildman–Crippen LogP) is 2.81.